The highest BCUT2D eigenvalue weighted by Crippen LogP contribution is 2.36. The summed E-state index contributed by atoms with van der Waals surface area (Å²) in [7, 11) is 1.37. The van der Waals surface area contributed by atoms with E-state index in [4.69, 9.17) is 10.00 Å². The van der Waals surface area contributed by atoms with E-state index >= 15 is 0 Å². The zero-order chi connectivity index (χ0) is 11.5. The Morgan fingerprint density at radius 2 is 2.00 bits per heavy atom. The lowest BCUT2D eigenvalue weighted by atomic mass is 9.77. The number of carbonyl (C=O) groups is 1. The van der Waals surface area contributed by atoms with Gasteiger partial charge in [-0.1, -0.05) is 12.2 Å². The van der Waals surface area contributed by atoms with Crippen molar-refractivity contribution in [3.63, 3.8) is 0 Å². The number of methoxy groups -OCH3 is 1. The molecule has 0 radical (unpaired) electrons. The van der Waals surface area contributed by atoms with Crippen LogP contribution < -0.4 is 0 Å². The zero-order valence-electron chi connectivity index (χ0n) is 9.40. The predicted molar refractivity (Wildman–Crippen MR) is 59.2 cm³/mol. The van der Waals surface area contributed by atoms with Crippen LogP contribution in [0.3, 0.4) is 0 Å². The van der Waals surface area contributed by atoms with Crippen molar-refractivity contribution < 1.29 is 9.53 Å². The van der Waals surface area contributed by atoms with Crippen molar-refractivity contribution in [1.29, 1.82) is 5.26 Å². The molecular formula is C13H15NO2. The van der Waals surface area contributed by atoms with Gasteiger partial charge in [-0.05, 0) is 36.8 Å². The number of nitriles is 1. The van der Waals surface area contributed by atoms with Gasteiger partial charge < -0.3 is 4.74 Å². The van der Waals surface area contributed by atoms with E-state index in [0.717, 1.165) is 12.8 Å². The Balaban J connectivity index is 2.28. The van der Waals surface area contributed by atoms with Gasteiger partial charge in [0.1, 0.15) is 0 Å². The van der Waals surface area contributed by atoms with Crippen LogP contribution in [0.4, 0.5) is 0 Å². The number of nitrogens with zero attached hydrogens (tertiary/aromatic N) is 1. The molecule has 1 saturated carbocycles. The van der Waals surface area contributed by atoms with E-state index in [0.29, 0.717) is 0 Å². The molecule has 0 saturated heterocycles. The summed E-state index contributed by atoms with van der Waals surface area (Å²) in [5.41, 5.74) is 2.51. The van der Waals surface area contributed by atoms with Gasteiger partial charge >= 0.3 is 5.97 Å². The highest BCUT2D eigenvalue weighted by molar-refractivity contribution is 5.76. The van der Waals surface area contributed by atoms with Crippen LogP contribution in [0, 0.1) is 23.2 Å². The second-order valence-corrected chi connectivity index (χ2v) is 4.29. The third kappa shape index (κ3) is 1.88. The molecule has 0 unspecified atom stereocenters. The lowest BCUT2D eigenvalue weighted by Gasteiger charge is -2.27. The molecule has 2 aliphatic rings. The molecule has 1 fully saturated rings. The van der Waals surface area contributed by atoms with E-state index in [1.54, 1.807) is 0 Å². The fourth-order valence-electron chi connectivity index (χ4n) is 2.44. The van der Waals surface area contributed by atoms with Crippen LogP contribution in [-0.4, -0.2) is 13.1 Å². The molecule has 84 valence electrons. The minimum atomic E-state index is -0.410. The van der Waals surface area contributed by atoms with Crippen LogP contribution in [0.1, 0.15) is 25.7 Å². The van der Waals surface area contributed by atoms with E-state index < -0.39 is 5.92 Å². The normalized spacial score (nSPS) is 28.2. The fraction of sp³-hybridized carbons (Fsp3) is 0.538. The molecule has 3 nitrogen and oxygen atoms in total. The first-order valence-electron chi connectivity index (χ1n) is 5.65. The largest absolute Gasteiger partial charge is 0.469 e. The van der Waals surface area contributed by atoms with Crippen molar-refractivity contribution in [1.82, 2.24) is 0 Å². The number of rotatable bonds is 1. The van der Waals surface area contributed by atoms with E-state index in [1.165, 1.54) is 31.1 Å². The Kier molecular flexibility index (Phi) is 3.09. The van der Waals surface area contributed by atoms with Gasteiger partial charge in [-0.25, -0.2) is 0 Å². The molecule has 0 aromatic heterocycles. The Bertz CT molecular complexity index is 401. The molecule has 0 aromatic rings. The van der Waals surface area contributed by atoms with Gasteiger partial charge in [-0.3, -0.25) is 4.79 Å². The Hall–Kier alpha value is -1.56. The molecule has 2 aliphatic carbocycles. The van der Waals surface area contributed by atoms with Gasteiger partial charge in [0.15, 0.2) is 0 Å². The quantitative estimate of drug-likeness (QED) is 0.633. The number of ether oxygens (including phenoxy) is 1. The van der Waals surface area contributed by atoms with Crippen molar-refractivity contribution >= 4 is 5.97 Å². The van der Waals surface area contributed by atoms with E-state index in [1.807, 2.05) is 12.2 Å². The summed E-state index contributed by atoms with van der Waals surface area (Å²) in [6, 6.07) is 2.18. The summed E-state index contributed by atoms with van der Waals surface area (Å²) < 4.78 is 4.74. The van der Waals surface area contributed by atoms with Crippen LogP contribution in [0.5, 0.6) is 0 Å². The van der Waals surface area contributed by atoms with Crippen molar-refractivity contribution in [3.05, 3.63) is 23.3 Å². The predicted octanol–water partition coefficient (Wildman–Crippen LogP) is 2.36. The Morgan fingerprint density at radius 3 is 2.56 bits per heavy atom. The topological polar surface area (TPSA) is 50.1 Å². The molecule has 0 aliphatic heterocycles. The van der Waals surface area contributed by atoms with Gasteiger partial charge in [0, 0.05) is 0 Å². The lowest BCUT2D eigenvalue weighted by molar-refractivity contribution is -0.144. The number of esters is 1. The maximum Gasteiger partial charge on any atom is 0.314 e. The van der Waals surface area contributed by atoms with Gasteiger partial charge in [-0.15, -0.1) is 0 Å². The molecule has 0 spiro atoms. The number of hydrogen-bond acceptors (Lipinski definition) is 3. The molecule has 0 heterocycles. The second kappa shape index (κ2) is 4.52. The second-order valence-electron chi connectivity index (χ2n) is 4.29. The van der Waals surface area contributed by atoms with Gasteiger partial charge in [0.25, 0.3) is 0 Å². The summed E-state index contributed by atoms with van der Waals surface area (Å²) in [5.74, 6) is -1.07. The van der Waals surface area contributed by atoms with E-state index in [9.17, 15) is 4.79 Å². The van der Waals surface area contributed by atoms with Gasteiger partial charge in [-0.2, -0.15) is 5.26 Å². The standard InChI is InChI=1S/C13H15NO2/c1-16-13(15)12-7-10-5-3-2-4-9(10)6-11(12)8-14/h6-7,11-12H,2-5H2,1H3/t11-,12-/m1/s1. The summed E-state index contributed by atoms with van der Waals surface area (Å²) in [6.07, 6.45) is 8.32. The highest BCUT2D eigenvalue weighted by Gasteiger charge is 2.31. The average molecular weight is 217 g/mol. The Morgan fingerprint density at radius 1 is 1.38 bits per heavy atom. The molecule has 16 heavy (non-hydrogen) atoms. The van der Waals surface area contributed by atoms with Crippen molar-refractivity contribution in [3.8, 4) is 6.07 Å². The molecule has 2 atom stereocenters. The maximum absolute atomic E-state index is 11.6. The SMILES string of the molecule is COC(=O)[C@@H]1C=C2CCCCC2=C[C@@H]1C#N. The molecular weight excluding hydrogens is 202 g/mol. The fourth-order valence-corrected chi connectivity index (χ4v) is 2.44. The molecule has 0 bridgehead atoms. The third-order valence-corrected chi connectivity index (χ3v) is 3.33. The smallest absolute Gasteiger partial charge is 0.314 e. The lowest BCUT2D eigenvalue weighted by Crippen LogP contribution is -2.25. The average Bonchev–Trinajstić information content (AvgIpc) is 2.36. The van der Waals surface area contributed by atoms with Crippen LogP contribution in [0.25, 0.3) is 0 Å². The summed E-state index contributed by atoms with van der Waals surface area (Å²) in [6.45, 7) is 0. The van der Waals surface area contributed by atoms with Crippen LogP contribution in [-0.2, 0) is 9.53 Å². The Labute approximate surface area is 95.4 Å². The highest BCUT2D eigenvalue weighted by atomic mass is 16.5. The summed E-state index contributed by atoms with van der Waals surface area (Å²) >= 11 is 0. The van der Waals surface area contributed by atoms with Crippen molar-refractivity contribution in [2.24, 2.45) is 11.8 Å². The first-order chi connectivity index (χ1) is 7.76. The molecule has 0 N–H and O–H groups in total. The number of allylic oxidation sites excluding steroid dienone is 3. The molecule has 2 rings (SSSR count). The van der Waals surface area contributed by atoms with Gasteiger partial charge in [0.05, 0.1) is 25.0 Å². The molecule has 3 heteroatoms. The van der Waals surface area contributed by atoms with Crippen LogP contribution in [0.2, 0.25) is 0 Å². The monoisotopic (exact) mass is 217 g/mol. The zero-order valence-corrected chi connectivity index (χ0v) is 9.40. The van der Waals surface area contributed by atoms with Gasteiger partial charge in [0.2, 0.25) is 0 Å². The van der Waals surface area contributed by atoms with Crippen molar-refractivity contribution in [2.45, 2.75) is 25.7 Å². The number of hydrogen-bond donors (Lipinski definition) is 0. The maximum atomic E-state index is 11.6. The minimum absolute atomic E-state index is 0.306. The van der Waals surface area contributed by atoms with E-state index in [2.05, 4.69) is 6.07 Å². The third-order valence-electron chi connectivity index (χ3n) is 3.33. The number of carbonyl (C=O) groups excluding carboxylic acids is 1. The van der Waals surface area contributed by atoms with E-state index in [-0.39, 0.29) is 11.9 Å². The number of fused-ring (bicyclic) bond motifs is 1. The van der Waals surface area contributed by atoms with Crippen molar-refractivity contribution in [2.75, 3.05) is 7.11 Å². The van der Waals surface area contributed by atoms with Crippen LogP contribution >= 0.6 is 0 Å². The van der Waals surface area contributed by atoms with Crippen LogP contribution in [0.15, 0.2) is 23.3 Å². The first-order valence-corrected chi connectivity index (χ1v) is 5.65. The molecule has 0 aromatic carbocycles. The first kappa shape index (κ1) is 10.9. The molecule has 0 amide bonds. The summed E-state index contributed by atoms with van der Waals surface area (Å²) in [4.78, 5) is 11.6. The minimum Gasteiger partial charge on any atom is -0.469 e. The summed E-state index contributed by atoms with van der Waals surface area (Å²) in [5, 5.41) is 9.06.